The predicted molar refractivity (Wildman–Crippen MR) is 65.5 cm³/mol. The Morgan fingerprint density at radius 3 is 3.12 bits per heavy atom. The Hall–Kier alpha value is -1.95. The molecule has 88 valence electrons. The summed E-state index contributed by atoms with van der Waals surface area (Å²) in [5.41, 5.74) is 1.99. The number of carbonyl (C=O) groups excluding carboxylic acids is 1. The standard InChI is InChI=1S/C11H11N3O2S/c1-2-16-9-4-3-5-12-10(9)14-11(15)8-6-17-7-13-8/h3-7H,2H2,1H3,(H,12,14,15). The van der Waals surface area contributed by atoms with Crippen LogP contribution in [-0.4, -0.2) is 22.5 Å². The number of anilines is 1. The van der Waals surface area contributed by atoms with Crippen LogP contribution in [0.3, 0.4) is 0 Å². The molecule has 0 spiro atoms. The first-order valence-electron chi connectivity index (χ1n) is 5.08. The SMILES string of the molecule is CCOc1cccnc1NC(=O)c1cscn1. The number of ether oxygens (including phenoxy) is 1. The Labute approximate surface area is 102 Å². The minimum Gasteiger partial charge on any atom is -0.490 e. The number of hydrogen-bond donors (Lipinski definition) is 1. The summed E-state index contributed by atoms with van der Waals surface area (Å²) in [5.74, 6) is 0.678. The van der Waals surface area contributed by atoms with Gasteiger partial charge in [-0.15, -0.1) is 11.3 Å². The van der Waals surface area contributed by atoms with Crippen molar-refractivity contribution in [1.29, 1.82) is 0 Å². The molecule has 6 heteroatoms. The zero-order valence-electron chi connectivity index (χ0n) is 9.21. The van der Waals surface area contributed by atoms with Gasteiger partial charge in [0.05, 0.1) is 12.1 Å². The Balaban J connectivity index is 2.15. The molecule has 1 amide bonds. The van der Waals surface area contributed by atoms with Crippen LogP contribution in [0.25, 0.3) is 0 Å². The largest absolute Gasteiger partial charge is 0.490 e. The summed E-state index contributed by atoms with van der Waals surface area (Å²) >= 11 is 1.37. The fourth-order valence-electron chi connectivity index (χ4n) is 1.25. The number of thiazole rings is 1. The fourth-order valence-corrected chi connectivity index (χ4v) is 1.78. The van der Waals surface area contributed by atoms with Crippen LogP contribution in [0.1, 0.15) is 17.4 Å². The zero-order valence-corrected chi connectivity index (χ0v) is 10.0. The topological polar surface area (TPSA) is 64.1 Å². The number of nitrogens with zero attached hydrogens (tertiary/aromatic N) is 2. The first kappa shape index (κ1) is 11.5. The van der Waals surface area contributed by atoms with Crippen molar-refractivity contribution in [3.05, 3.63) is 34.9 Å². The first-order chi connectivity index (χ1) is 8.31. The van der Waals surface area contributed by atoms with Gasteiger partial charge in [-0.05, 0) is 19.1 Å². The lowest BCUT2D eigenvalue weighted by Gasteiger charge is -2.08. The molecule has 0 unspecified atom stereocenters. The van der Waals surface area contributed by atoms with E-state index in [4.69, 9.17) is 4.74 Å². The molecule has 0 aliphatic rings. The van der Waals surface area contributed by atoms with Crippen molar-refractivity contribution < 1.29 is 9.53 Å². The smallest absolute Gasteiger partial charge is 0.276 e. The van der Waals surface area contributed by atoms with E-state index in [-0.39, 0.29) is 5.91 Å². The van der Waals surface area contributed by atoms with Crippen LogP contribution in [0.15, 0.2) is 29.2 Å². The van der Waals surface area contributed by atoms with Crippen molar-refractivity contribution in [2.45, 2.75) is 6.92 Å². The van der Waals surface area contributed by atoms with Crippen molar-refractivity contribution >= 4 is 23.1 Å². The average molecular weight is 249 g/mol. The molecule has 0 bridgehead atoms. The summed E-state index contributed by atoms with van der Waals surface area (Å²) in [7, 11) is 0. The van der Waals surface area contributed by atoms with E-state index in [1.165, 1.54) is 11.3 Å². The fraction of sp³-hybridized carbons (Fsp3) is 0.182. The van der Waals surface area contributed by atoms with Crippen molar-refractivity contribution in [3.63, 3.8) is 0 Å². The molecule has 0 saturated carbocycles. The van der Waals surface area contributed by atoms with E-state index in [2.05, 4.69) is 15.3 Å². The third kappa shape index (κ3) is 2.79. The molecule has 17 heavy (non-hydrogen) atoms. The highest BCUT2D eigenvalue weighted by Gasteiger charge is 2.11. The number of carbonyl (C=O) groups is 1. The van der Waals surface area contributed by atoms with Gasteiger partial charge in [0.25, 0.3) is 5.91 Å². The number of pyridine rings is 1. The monoisotopic (exact) mass is 249 g/mol. The Bertz CT molecular complexity index is 499. The van der Waals surface area contributed by atoms with Gasteiger partial charge in [0, 0.05) is 11.6 Å². The van der Waals surface area contributed by atoms with E-state index in [1.54, 1.807) is 29.2 Å². The summed E-state index contributed by atoms with van der Waals surface area (Å²) in [6.07, 6.45) is 1.60. The van der Waals surface area contributed by atoms with E-state index in [0.29, 0.717) is 23.9 Å². The number of amides is 1. The van der Waals surface area contributed by atoms with Gasteiger partial charge in [0.2, 0.25) is 0 Å². The van der Waals surface area contributed by atoms with E-state index in [1.807, 2.05) is 6.92 Å². The van der Waals surface area contributed by atoms with Crippen LogP contribution in [0.4, 0.5) is 5.82 Å². The lowest BCUT2D eigenvalue weighted by atomic mass is 10.4. The van der Waals surface area contributed by atoms with E-state index in [0.717, 1.165) is 0 Å². The first-order valence-corrected chi connectivity index (χ1v) is 6.03. The highest BCUT2D eigenvalue weighted by molar-refractivity contribution is 7.07. The lowest BCUT2D eigenvalue weighted by molar-refractivity contribution is 0.102. The maximum Gasteiger partial charge on any atom is 0.276 e. The molecular formula is C11H11N3O2S. The lowest BCUT2D eigenvalue weighted by Crippen LogP contribution is -2.14. The van der Waals surface area contributed by atoms with E-state index < -0.39 is 0 Å². The van der Waals surface area contributed by atoms with Gasteiger partial charge in [0.15, 0.2) is 11.6 Å². The van der Waals surface area contributed by atoms with Gasteiger partial charge in [-0.3, -0.25) is 4.79 Å². The molecule has 0 radical (unpaired) electrons. The molecule has 2 rings (SSSR count). The Morgan fingerprint density at radius 2 is 2.41 bits per heavy atom. The molecule has 1 N–H and O–H groups in total. The van der Waals surface area contributed by atoms with Crippen LogP contribution in [0.5, 0.6) is 5.75 Å². The van der Waals surface area contributed by atoms with Gasteiger partial charge in [-0.2, -0.15) is 0 Å². The summed E-state index contributed by atoms with van der Waals surface area (Å²) in [6.45, 7) is 2.39. The molecule has 0 saturated heterocycles. The molecule has 0 aliphatic heterocycles. The van der Waals surface area contributed by atoms with Crippen molar-refractivity contribution in [2.24, 2.45) is 0 Å². The Kier molecular flexibility index (Phi) is 3.66. The molecule has 5 nitrogen and oxygen atoms in total. The molecule has 0 aliphatic carbocycles. The summed E-state index contributed by atoms with van der Waals surface area (Å²) in [4.78, 5) is 19.8. The van der Waals surface area contributed by atoms with Gasteiger partial charge in [-0.1, -0.05) is 0 Å². The van der Waals surface area contributed by atoms with Crippen LogP contribution in [-0.2, 0) is 0 Å². The molecule has 0 atom stereocenters. The van der Waals surface area contributed by atoms with Gasteiger partial charge >= 0.3 is 0 Å². The van der Waals surface area contributed by atoms with Gasteiger partial charge in [0.1, 0.15) is 5.69 Å². The number of aromatic nitrogens is 2. The normalized spacial score (nSPS) is 9.94. The number of nitrogens with one attached hydrogen (secondary N) is 1. The van der Waals surface area contributed by atoms with Crippen molar-refractivity contribution in [3.8, 4) is 5.75 Å². The number of rotatable bonds is 4. The second-order valence-electron chi connectivity index (χ2n) is 3.11. The van der Waals surface area contributed by atoms with E-state index in [9.17, 15) is 4.79 Å². The summed E-state index contributed by atoms with van der Waals surface area (Å²) in [6, 6.07) is 3.51. The van der Waals surface area contributed by atoms with E-state index >= 15 is 0 Å². The second-order valence-corrected chi connectivity index (χ2v) is 3.83. The highest BCUT2D eigenvalue weighted by Crippen LogP contribution is 2.21. The highest BCUT2D eigenvalue weighted by atomic mass is 32.1. The molecule has 0 fully saturated rings. The maximum atomic E-state index is 11.8. The molecule has 2 heterocycles. The molecule has 2 aromatic rings. The quantitative estimate of drug-likeness (QED) is 0.902. The van der Waals surface area contributed by atoms with Crippen molar-refractivity contribution in [1.82, 2.24) is 9.97 Å². The summed E-state index contributed by atoms with van der Waals surface area (Å²) < 4.78 is 5.36. The third-order valence-electron chi connectivity index (χ3n) is 1.97. The molecule has 0 aromatic carbocycles. The Morgan fingerprint density at radius 1 is 1.53 bits per heavy atom. The second kappa shape index (κ2) is 5.40. The van der Waals surface area contributed by atoms with Gasteiger partial charge in [-0.25, -0.2) is 9.97 Å². The van der Waals surface area contributed by atoms with Crippen molar-refractivity contribution in [2.75, 3.05) is 11.9 Å². The molecule has 2 aromatic heterocycles. The minimum absolute atomic E-state index is 0.286. The maximum absolute atomic E-state index is 11.8. The summed E-state index contributed by atoms with van der Waals surface area (Å²) in [5, 5.41) is 4.35. The molecular weight excluding hydrogens is 238 g/mol. The zero-order chi connectivity index (χ0) is 12.1. The van der Waals surface area contributed by atoms with Gasteiger partial charge < -0.3 is 10.1 Å². The van der Waals surface area contributed by atoms with Crippen LogP contribution < -0.4 is 10.1 Å². The predicted octanol–water partition coefficient (Wildman–Crippen LogP) is 2.19. The third-order valence-corrected chi connectivity index (χ3v) is 2.55. The average Bonchev–Trinajstić information content (AvgIpc) is 2.85. The van der Waals surface area contributed by atoms with Crippen LogP contribution >= 0.6 is 11.3 Å². The minimum atomic E-state index is -0.286. The van der Waals surface area contributed by atoms with Crippen LogP contribution in [0.2, 0.25) is 0 Å². The number of hydrogen-bond acceptors (Lipinski definition) is 5. The van der Waals surface area contributed by atoms with Crippen LogP contribution in [0, 0.1) is 0 Å².